The Morgan fingerprint density at radius 3 is 2.00 bits per heavy atom. The summed E-state index contributed by atoms with van der Waals surface area (Å²) >= 11 is 1.33. The summed E-state index contributed by atoms with van der Waals surface area (Å²) < 4.78 is 1.73. The van der Waals surface area contributed by atoms with E-state index in [4.69, 9.17) is 0 Å². The number of thioether (sulfide) groups is 1. The Hall–Kier alpha value is -2.45. The molecule has 0 radical (unpaired) electrons. The molecule has 0 fully saturated rings. The van der Waals surface area contributed by atoms with Crippen LogP contribution in [0.3, 0.4) is 0 Å². The number of carbonyl (C=O) groups is 2. The lowest BCUT2D eigenvalue weighted by Crippen LogP contribution is -3.00. The van der Waals surface area contributed by atoms with Gasteiger partial charge in [0.2, 0.25) is 0 Å². The summed E-state index contributed by atoms with van der Waals surface area (Å²) in [7, 11) is 0. The first kappa shape index (κ1) is 22.8. The summed E-state index contributed by atoms with van der Waals surface area (Å²) in [4.78, 5) is 26.0. The molecule has 0 unspecified atom stereocenters. The Kier molecular flexibility index (Phi) is 8.60. The predicted molar refractivity (Wildman–Crippen MR) is 113 cm³/mol. The number of aromatic nitrogens is 1. The van der Waals surface area contributed by atoms with E-state index in [1.54, 1.807) is 41.2 Å². The van der Waals surface area contributed by atoms with Gasteiger partial charge in [0, 0.05) is 23.3 Å². The van der Waals surface area contributed by atoms with Crippen molar-refractivity contribution in [2.24, 2.45) is 0 Å². The van der Waals surface area contributed by atoms with Crippen LogP contribution >= 0.6 is 11.8 Å². The van der Waals surface area contributed by atoms with Crippen molar-refractivity contribution < 1.29 is 38.1 Å². The molecular weight excluding hydrogens is 495 g/mol. The van der Waals surface area contributed by atoms with Gasteiger partial charge in [-0.3, -0.25) is 9.59 Å². The quantitative estimate of drug-likeness (QED) is 0.231. The second-order valence-corrected chi connectivity index (χ2v) is 7.00. The number of aryl methyl sites for hydroxylation is 1. The molecule has 3 aromatic rings. The molecule has 0 saturated heterocycles. The molecule has 0 aliphatic rings. The number of Topliss-reactive ketones (excluding diaryl/α,β-unsaturated/α-hetero) is 1. The molecule has 0 bridgehead atoms. The van der Waals surface area contributed by atoms with Crippen LogP contribution in [-0.2, 0) is 0 Å². The predicted octanol–water partition coefficient (Wildman–Crippen LogP) is 1.09. The van der Waals surface area contributed by atoms with Crippen molar-refractivity contribution in [3.05, 3.63) is 107 Å². The van der Waals surface area contributed by atoms with Crippen molar-refractivity contribution >= 4 is 29.1 Å². The Bertz CT molecular complexity index is 1000. The molecule has 0 aliphatic heterocycles. The number of hydrogen-bond donors (Lipinski definition) is 1. The molecule has 4 nitrogen and oxygen atoms in total. The van der Waals surface area contributed by atoms with Crippen LogP contribution in [0.15, 0.2) is 90.2 Å². The van der Waals surface area contributed by atoms with E-state index in [0.717, 1.165) is 5.56 Å². The van der Waals surface area contributed by atoms with E-state index in [2.05, 4.69) is 5.32 Å². The van der Waals surface area contributed by atoms with E-state index in [0.29, 0.717) is 21.9 Å². The van der Waals surface area contributed by atoms with Crippen molar-refractivity contribution in [1.82, 2.24) is 5.32 Å². The number of amides is 1. The lowest BCUT2D eigenvalue weighted by Gasteiger charge is -2.10. The minimum atomic E-state index is -0.251. The minimum Gasteiger partial charge on any atom is -1.00 e. The van der Waals surface area contributed by atoms with Gasteiger partial charge in [-0.05, 0) is 25.3 Å². The van der Waals surface area contributed by atoms with Crippen LogP contribution in [0.2, 0.25) is 0 Å². The van der Waals surface area contributed by atoms with Gasteiger partial charge in [0.15, 0.2) is 17.4 Å². The number of nitrogens with one attached hydrogen (secondary N) is 1. The lowest BCUT2D eigenvalue weighted by atomic mass is 10.1. The van der Waals surface area contributed by atoms with Gasteiger partial charge in [-0.15, -0.1) is 11.8 Å². The normalized spacial score (nSPS) is 11.1. The van der Waals surface area contributed by atoms with Gasteiger partial charge in [0.1, 0.15) is 0 Å². The summed E-state index contributed by atoms with van der Waals surface area (Å²) in [6.07, 6.45) is 5.43. The van der Waals surface area contributed by atoms with E-state index in [-0.39, 0.29) is 35.7 Å². The summed E-state index contributed by atoms with van der Waals surface area (Å²) in [5, 5.41) is 3.41. The number of ketones is 1. The van der Waals surface area contributed by atoms with Crippen LogP contribution in [0, 0.1) is 6.92 Å². The molecule has 0 aliphatic carbocycles. The SMILES string of the molecule is CS/C(NC(=O)c1ccc(C)cc1)=C(/C(=O)c1ccccc1)[n+]1ccccc1.[I-]. The first-order valence-corrected chi connectivity index (χ1v) is 10.1. The van der Waals surface area contributed by atoms with Crippen molar-refractivity contribution in [3.8, 4) is 0 Å². The molecule has 3 rings (SSSR count). The highest BCUT2D eigenvalue weighted by atomic mass is 127. The molecule has 0 spiro atoms. The maximum atomic E-state index is 13.3. The first-order chi connectivity index (χ1) is 13.6. The fourth-order valence-electron chi connectivity index (χ4n) is 2.70. The second kappa shape index (κ2) is 10.9. The molecule has 148 valence electrons. The van der Waals surface area contributed by atoms with Crippen molar-refractivity contribution in [2.75, 3.05) is 6.26 Å². The van der Waals surface area contributed by atoms with Crippen LogP contribution in [0.4, 0.5) is 0 Å². The topological polar surface area (TPSA) is 50.1 Å². The Labute approximate surface area is 192 Å². The van der Waals surface area contributed by atoms with Crippen molar-refractivity contribution in [1.29, 1.82) is 0 Å². The Balaban J connectivity index is 0.00000300. The molecule has 0 atom stereocenters. The third-order valence-electron chi connectivity index (χ3n) is 4.18. The van der Waals surface area contributed by atoms with E-state index in [1.165, 1.54) is 11.8 Å². The summed E-state index contributed by atoms with van der Waals surface area (Å²) in [5.74, 6) is -0.412. The van der Waals surface area contributed by atoms with Gasteiger partial charge in [-0.25, -0.2) is 0 Å². The van der Waals surface area contributed by atoms with Gasteiger partial charge in [0.05, 0.1) is 0 Å². The molecule has 6 heteroatoms. The van der Waals surface area contributed by atoms with Gasteiger partial charge in [-0.1, -0.05) is 54.1 Å². The zero-order valence-corrected chi connectivity index (χ0v) is 19.1. The molecule has 29 heavy (non-hydrogen) atoms. The van der Waals surface area contributed by atoms with Crippen LogP contribution in [0.1, 0.15) is 26.3 Å². The third-order valence-corrected chi connectivity index (χ3v) is 4.89. The number of allylic oxidation sites excluding steroid dienone is 1. The summed E-state index contributed by atoms with van der Waals surface area (Å²) in [5.41, 5.74) is 2.59. The molecule has 2 aromatic carbocycles. The average Bonchev–Trinajstić information content (AvgIpc) is 2.75. The maximum absolute atomic E-state index is 13.3. The second-order valence-electron chi connectivity index (χ2n) is 6.18. The van der Waals surface area contributed by atoms with Crippen LogP contribution in [0.25, 0.3) is 5.70 Å². The average molecular weight is 516 g/mol. The number of rotatable bonds is 6. The van der Waals surface area contributed by atoms with Crippen LogP contribution in [0.5, 0.6) is 0 Å². The van der Waals surface area contributed by atoms with E-state index in [9.17, 15) is 9.59 Å². The molecular formula is C23H21IN2O2S. The third kappa shape index (κ3) is 5.77. The fraction of sp³-hybridized carbons (Fsp3) is 0.0870. The lowest BCUT2D eigenvalue weighted by molar-refractivity contribution is -0.577. The number of benzene rings is 2. The zero-order chi connectivity index (χ0) is 19.9. The molecule has 1 heterocycles. The first-order valence-electron chi connectivity index (χ1n) is 8.83. The highest BCUT2D eigenvalue weighted by Gasteiger charge is 2.27. The number of halogens is 1. The van der Waals surface area contributed by atoms with Crippen molar-refractivity contribution in [2.45, 2.75) is 6.92 Å². The monoisotopic (exact) mass is 516 g/mol. The highest BCUT2D eigenvalue weighted by molar-refractivity contribution is 8.02. The Morgan fingerprint density at radius 1 is 0.828 bits per heavy atom. The largest absolute Gasteiger partial charge is 1.00 e. The molecule has 1 amide bonds. The van der Waals surface area contributed by atoms with E-state index in [1.807, 2.05) is 61.7 Å². The van der Waals surface area contributed by atoms with Crippen molar-refractivity contribution in [3.63, 3.8) is 0 Å². The van der Waals surface area contributed by atoms with E-state index < -0.39 is 0 Å². The standard InChI is InChI=1S/C23H20N2O2S.HI/c1-17-11-13-19(14-12-17)22(27)24-23(28-2)20(25-15-7-4-8-16-25)21(26)18-9-5-3-6-10-18;/h3-16H,1-2H3;1H. The number of hydrogen-bond acceptors (Lipinski definition) is 3. The van der Waals surface area contributed by atoms with Crippen LogP contribution in [-0.4, -0.2) is 17.9 Å². The van der Waals surface area contributed by atoms with Crippen LogP contribution < -0.4 is 33.9 Å². The van der Waals surface area contributed by atoms with Gasteiger partial charge in [-0.2, -0.15) is 4.57 Å². The van der Waals surface area contributed by atoms with Gasteiger partial charge < -0.3 is 29.3 Å². The minimum absolute atomic E-state index is 0. The highest BCUT2D eigenvalue weighted by Crippen LogP contribution is 2.19. The van der Waals surface area contributed by atoms with Gasteiger partial charge in [0.25, 0.3) is 17.4 Å². The number of carbonyl (C=O) groups excluding carboxylic acids is 2. The number of pyridine rings is 1. The zero-order valence-electron chi connectivity index (χ0n) is 16.1. The van der Waals surface area contributed by atoms with E-state index >= 15 is 0 Å². The molecule has 1 N–H and O–H groups in total. The molecule has 0 saturated carbocycles. The fourth-order valence-corrected chi connectivity index (χ4v) is 3.28. The smallest absolute Gasteiger partial charge is 0.289 e. The maximum Gasteiger partial charge on any atom is 0.289 e. The van der Waals surface area contributed by atoms with Gasteiger partial charge >= 0.3 is 0 Å². The Morgan fingerprint density at radius 2 is 1.41 bits per heavy atom. The summed E-state index contributed by atoms with van der Waals surface area (Å²) in [6.45, 7) is 1.97. The summed E-state index contributed by atoms with van der Waals surface area (Å²) in [6, 6.07) is 21.9. The number of nitrogens with zero attached hydrogens (tertiary/aromatic N) is 1. The molecule has 1 aromatic heterocycles.